The van der Waals surface area contributed by atoms with E-state index in [1.165, 1.54) is 24.3 Å². The Hall–Kier alpha value is -2.40. The molecule has 0 spiro atoms. The SMILES string of the molecule is O=C(N[C@@H]1CCCC[C@@H]1NCc1cccc(O)c1)c1ccc(F)cc1. The first-order valence-electron chi connectivity index (χ1n) is 8.69. The van der Waals surface area contributed by atoms with Gasteiger partial charge in [-0.3, -0.25) is 4.79 Å². The van der Waals surface area contributed by atoms with Crippen molar-refractivity contribution in [2.75, 3.05) is 0 Å². The smallest absolute Gasteiger partial charge is 0.251 e. The minimum Gasteiger partial charge on any atom is -0.508 e. The molecule has 5 heteroatoms. The first kappa shape index (κ1) is 17.4. The summed E-state index contributed by atoms with van der Waals surface area (Å²) in [6.07, 6.45) is 4.12. The van der Waals surface area contributed by atoms with E-state index in [-0.39, 0.29) is 29.6 Å². The standard InChI is InChI=1S/C20H23FN2O2/c21-16-10-8-15(9-11-16)20(25)23-19-7-2-1-6-18(19)22-13-14-4-3-5-17(24)12-14/h3-5,8-12,18-19,22,24H,1-2,6-7,13H2,(H,23,25)/t18-,19+/m0/s1. The van der Waals surface area contributed by atoms with Crippen molar-refractivity contribution in [3.8, 4) is 5.75 Å². The van der Waals surface area contributed by atoms with Gasteiger partial charge in [0, 0.05) is 24.2 Å². The molecule has 2 aromatic rings. The number of carbonyl (C=O) groups excluding carboxylic acids is 1. The summed E-state index contributed by atoms with van der Waals surface area (Å²) in [4.78, 5) is 12.4. The Bertz CT molecular complexity index is 718. The van der Waals surface area contributed by atoms with Gasteiger partial charge >= 0.3 is 0 Å². The van der Waals surface area contributed by atoms with Crippen LogP contribution in [0.25, 0.3) is 0 Å². The number of hydrogen-bond acceptors (Lipinski definition) is 3. The van der Waals surface area contributed by atoms with Crippen molar-refractivity contribution in [2.24, 2.45) is 0 Å². The minimum absolute atomic E-state index is 0.0450. The first-order valence-corrected chi connectivity index (χ1v) is 8.69. The van der Waals surface area contributed by atoms with Crippen molar-refractivity contribution in [3.05, 3.63) is 65.5 Å². The molecule has 0 radical (unpaired) electrons. The molecule has 1 aliphatic carbocycles. The summed E-state index contributed by atoms with van der Waals surface area (Å²) < 4.78 is 13.0. The summed E-state index contributed by atoms with van der Waals surface area (Å²) in [5.41, 5.74) is 1.48. The predicted octanol–water partition coefficient (Wildman–Crippen LogP) is 3.36. The molecule has 0 heterocycles. The third-order valence-electron chi connectivity index (χ3n) is 4.67. The van der Waals surface area contributed by atoms with Crippen LogP contribution in [-0.2, 0) is 6.54 Å². The van der Waals surface area contributed by atoms with Gasteiger partial charge in [0.2, 0.25) is 0 Å². The van der Waals surface area contributed by atoms with Crippen LogP contribution in [0.4, 0.5) is 4.39 Å². The number of benzene rings is 2. The van der Waals surface area contributed by atoms with E-state index in [9.17, 15) is 14.3 Å². The van der Waals surface area contributed by atoms with Crippen molar-refractivity contribution >= 4 is 5.91 Å². The van der Waals surface area contributed by atoms with E-state index < -0.39 is 0 Å². The fourth-order valence-electron chi connectivity index (χ4n) is 3.32. The second-order valence-electron chi connectivity index (χ2n) is 6.53. The Labute approximate surface area is 147 Å². The van der Waals surface area contributed by atoms with Crippen LogP contribution in [0, 0.1) is 5.82 Å². The van der Waals surface area contributed by atoms with Crippen molar-refractivity contribution in [1.29, 1.82) is 0 Å². The Morgan fingerprint density at radius 2 is 1.80 bits per heavy atom. The molecule has 132 valence electrons. The molecule has 0 saturated heterocycles. The molecule has 1 saturated carbocycles. The molecule has 0 bridgehead atoms. The summed E-state index contributed by atoms with van der Waals surface area (Å²) in [6, 6.07) is 13.0. The molecular formula is C20H23FN2O2. The number of amides is 1. The van der Waals surface area contributed by atoms with E-state index >= 15 is 0 Å². The average Bonchev–Trinajstić information content (AvgIpc) is 2.61. The van der Waals surface area contributed by atoms with Gasteiger partial charge < -0.3 is 15.7 Å². The fraction of sp³-hybridized carbons (Fsp3) is 0.350. The van der Waals surface area contributed by atoms with Crippen LogP contribution in [0.3, 0.4) is 0 Å². The van der Waals surface area contributed by atoms with Crippen LogP contribution in [0.2, 0.25) is 0 Å². The third-order valence-corrected chi connectivity index (χ3v) is 4.67. The second kappa shape index (κ2) is 8.12. The van der Waals surface area contributed by atoms with Crippen LogP contribution >= 0.6 is 0 Å². The lowest BCUT2D eigenvalue weighted by Crippen LogP contribution is -2.51. The summed E-state index contributed by atoms with van der Waals surface area (Å²) in [6.45, 7) is 0.641. The van der Waals surface area contributed by atoms with E-state index in [1.54, 1.807) is 12.1 Å². The van der Waals surface area contributed by atoms with E-state index in [2.05, 4.69) is 10.6 Å². The zero-order valence-electron chi connectivity index (χ0n) is 14.0. The molecule has 2 atom stereocenters. The summed E-state index contributed by atoms with van der Waals surface area (Å²) in [7, 11) is 0. The molecular weight excluding hydrogens is 319 g/mol. The Balaban J connectivity index is 1.60. The molecule has 0 aliphatic heterocycles. The largest absolute Gasteiger partial charge is 0.508 e. The molecule has 25 heavy (non-hydrogen) atoms. The predicted molar refractivity (Wildman–Crippen MR) is 94.9 cm³/mol. The van der Waals surface area contributed by atoms with Gasteiger partial charge in [-0.15, -0.1) is 0 Å². The molecule has 4 nitrogen and oxygen atoms in total. The highest BCUT2D eigenvalue weighted by molar-refractivity contribution is 5.94. The fourth-order valence-corrected chi connectivity index (χ4v) is 3.32. The normalized spacial score (nSPS) is 20.2. The zero-order chi connectivity index (χ0) is 17.6. The van der Waals surface area contributed by atoms with E-state index in [4.69, 9.17) is 0 Å². The topological polar surface area (TPSA) is 61.4 Å². The molecule has 3 N–H and O–H groups in total. The lowest BCUT2D eigenvalue weighted by molar-refractivity contribution is 0.0915. The third kappa shape index (κ3) is 4.79. The molecule has 1 aliphatic rings. The number of halogens is 1. The number of phenolic OH excluding ortho intramolecular Hbond substituents is 1. The first-order chi connectivity index (χ1) is 12.1. The highest BCUT2D eigenvalue weighted by Crippen LogP contribution is 2.20. The molecule has 1 amide bonds. The zero-order valence-corrected chi connectivity index (χ0v) is 14.0. The van der Waals surface area contributed by atoms with Crippen LogP contribution < -0.4 is 10.6 Å². The van der Waals surface area contributed by atoms with Crippen molar-refractivity contribution in [2.45, 2.75) is 44.3 Å². The van der Waals surface area contributed by atoms with Gasteiger partial charge in [-0.1, -0.05) is 25.0 Å². The number of aromatic hydroxyl groups is 1. The van der Waals surface area contributed by atoms with Gasteiger partial charge in [0.1, 0.15) is 11.6 Å². The van der Waals surface area contributed by atoms with Gasteiger partial charge in [0.25, 0.3) is 5.91 Å². The molecule has 1 fully saturated rings. The Morgan fingerprint density at radius 3 is 2.52 bits per heavy atom. The van der Waals surface area contributed by atoms with Gasteiger partial charge in [0.05, 0.1) is 0 Å². The van der Waals surface area contributed by atoms with Crippen LogP contribution in [0.15, 0.2) is 48.5 Å². The maximum Gasteiger partial charge on any atom is 0.251 e. The number of rotatable bonds is 5. The monoisotopic (exact) mass is 342 g/mol. The molecule has 3 rings (SSSR count). The van der Waals surface area contributed by atoms with Crippen molar-refractivity contribution in [1.82, 2.24) is 10.6 Å². The average molecular weight is 342 g/mol. The van der Waals surface area contributed by atoms with Gasteiger partial charge in [-0.25, -0.2) is 4.39 Å². The van der Waals surface area contributed by atoms with Crippen LogP contribution in [0.1, 0.15) is 41.6 Å². The second-order valence-corrected chi connectivity index (χ2v) is 6.53. The lowest BCUT2D eigenvalue weighted by atomic mass is 9.90. The quantitative estimate of drug-likeness (QED) is 0.781. The number of phenols is 1. The van der Waals surface area contributed by atoms with Gasteiger partial charge in [0.15, 0.2) is 0 Å². The van der Waals surface area contributed by atoms with Crippen molar-refractivity contribution in [3.63, 3.8) is 0 Å². The summed E-state index contributed by atoms with van der Waals surface area (Å²) >= 11 is 0. The van der Waals surface area contributed by atoms with Crippen molar-refractivity contribution < 1.29 is 14.3 Å². The maximum absolute atomic E-state index is 13.0. The van der Waals surface area contributed by atoms with Gasteiger partial charge in [-0.05, 0) is 54.8 Å². The Morgan fingerprint density at radius 1 is 1.08 bits per heavy atom. The molecule has 2 aromatic carbocycles. The number of hydrogen-bond donors (Lipinski definition) is 3. The number of nitrogens with one attached hydrogen (secondary N) is 2. The van der Waals surface area contributed by atoms with Crippen LogP contribution in [-0.4, -0.2) is 23.1 Å². The van der Waals surface area contributed by atoms with E-state index in [1.807, 2.05) is 12.1 Å². The van der Waals surface area contributed by atoms with E-state index in [0.717, 1.165) is 31.2 Å². The molecule has 0 unspecified atom stereocenters. The highest BCUT2D eigenvalue weighted by Gasteiger charge is 2.26. The highest BCUT2D eigenvalue weighted by atomic mass is 19.1. The number of carbonyl (C=O) groups is 1. The lowest BCUT2D eigenvalue weighted by Gasteiger charge is -2.33. The van der Waals surface area contributed by atoms with Crippen LogP contribution in [0.5, 0.6) is 5.75 Å². The van der Waals surface area contributed by atoms with E-state index in [0.29, 0.717) is 12.1 Å². The molecule has 0 aromatic heterocycles. The Kier molecular flexibility index (Phi) is 5.66. The van der Waals surface area contributed by atoms with Gasteiger partial charge in [-0.2, -0.15) is 0 Å². The summed E-state index contributed by atoms with van der Waals surface area (Å²) in [5, 5.41) is 16.1. The maximum atomic E-state index is 13.0. The summed E-state index contributed by atoms with van der Waals surface area (Å²) in [5.74, 6) is -0.264. The minimum atomic E-state index is -0.347.